The van der Waals surface area contributed by atoms with Gasteiger partial charge in [0, 0.05) is 4.47 Å². The number of benzene rings is 2. The van der Waals surface area contributed by atoms with Crippen molar-refractivity contribution in [3.63, 3.8) is 0 Å². The van der Waals surface area contributed by atoms with Crippen molar-refractivity contribution >= 4 is 27.6 Å². The molecule has 0 aromatic heterocycles. The third-order valence-electron chi connectivity index (χ3n) is 3.16. The zero-order valence-corrected chi connectivity index (χ0v) is 14.5. The van der Waals surface area contributed by atoms with Crippen LogP contribution in [0.5, 0.6) is 5.75 Å². The second kappa shape index (κ2) is 7.31. The Morgan fingerprint density at radius 3 is 2.45 bits per heavy atom. The maximum absolute atomic E-state index is 11.9. The molecular weight excluding hydrogens is 344 g/mol. The summed E-state index contributed by atoms with van der Waals surface area (Å²) in [5.41, 5.74) is 4.06. The van der Waals surface area contributed by atoms with Gasteiger partial charge in [0.2, 0.25) is 0 Å². The second-order valence-electron chi connectivity index (χ2n) is 5.17. The van der Waals surface area contributed by atoms with E-state index in [1.807, 2.05) is 57.2 Å². The van der Waals surface area contributed by atoms with Gasteiger partial charge in [0.25, 0.3) is 0 Å². The van der Waals surface area contributed by atoms with Gasteiger partial charge in [-0.15, -0.1) is 0 Å². The fourth-order valence-corrected chi connectivity index (χ4v) is 2.62. The Bertz CT molecular complexity index is 686. The smallest absolute Gasteiger partial charge is 0.321 e. The lowest BCUT2D eigenvalue weighted by atomic mass is 10.1. The molecule has 0 radical (unpaired) electrons. The van der Waals surface area contributed by atoms with E-state index in [-0.39, 0.29) is 12.8 Å². The molecule has 0 aliphatic heterocycles. The van der Waals surface area contributed by atoms with Crippen molar-refractivity contribution in [3.05, 3.63) is 57.6 Å². The van der Waals surface area contributed by atoms with Crippen LogP contribution in [0.15, 0.2) is 40.9 Å². The van der Waals surface area contributed by atoms with E-state index in [1.165, 1.54) is 5.56 Å². The molecule has 0 heterocycles. The SMILES string of the molecule is Cc1ccc(OCNC(=O)Nc2ccc(C)cc2Br)c(C)c1. The number of amides is 2. The summed E-state index contributed by atoms with van der Waals surface area (Å²) in [5.74, 6) is 0.766. The first-order valence-electron chi connectivity index (χ1n) is 6.97. The third-order valence-corrected chi connectivity index (χ3v) is 3.82. The molecule has 2 aromatic rings. The topological polar surface area (TPSA) is 50.4 Å². The molecule has 4 nitrogen and oxygen atoms in total. The number of urea groups is 1. The Morgan fingerprint density at radius 1 is 1.09 bits per heavy atom. The standard InChI is InChI=1S/C17H19BrN2O2/c1-11-5-7-16(13(3)8-11)22-10-19-17(21)20-15-6-4-12(2)9-14(15)18/h4-9H,10H2,1-3H3,(H2,19,20,21). The summed E-state index contributed by atoms with van der Waals surface area (Å²) < 4.78 is 6.41. The van der Waals surface area contributed by atoms with Gasteiger partial charge in [0.15, 0.2) is 6.73 Å². The molecule has 22 heavy (non-hydrogen) atoms. The molecule has 0 bridgehead atoms. The van der Waals surface area contributed by atoms with Gasteiger partial charge in [-0.25, -0.2) is 4.79 Å². The molecule has 2 amide bonds. The van der Waals surface area contributed by atoms with E-state index in [1.54, 1.807) is 0 Å². The highest BCUT2D eigenvalue weighted by atomic mass is 79.9. The van der Waals surface area contributed by atoms with Crippen molar-refractivity contribution in [1.29, 1.82) is 0 Å². The zero-order valence-electron chi connectivity index (χ0n) is 12.9. The summed E-state index contributed by atoms with van der Waals surface area (Å²) in [6.07, 6.45) is 0. The lowest BCUT2D eigenvalue weighted by Gasteiger charge is -2.12. The molecule has 2 N–H and O–H groups in total. The van der Waals surface area contributed by atoms with E-state index < -0.39 is 0 Å². The summed E-state index contributed by atoms with van der Waals surface area (Å²) in [6, 6.07) is 11.3. The third kappa shape index (κ3) is 4.49. The Morgan fingerprint density at radius 2 is 1.77 bits per heavy atom. The van der Waals surface area contributed by atoms with Crippen molar-refractivity contribution in [3.8, 4) is 5.75 Å². The Hall–Kier alpha value is -2.01. The van der Waals surface area contributed by atoms with Crippen molar-refractivity contribution < 1.29 is 9.53 Å². The summed E-state index contributed by atoms with van der Waals surface area (Å²) in [6.45, 7) is 6.11. The van der Waals surface area contributed by atoms with Crippen LogP contribution in [0.2, 0.25) is 0 Å². The number of ether oxygens (including phenoxy) is 1. The highest BCUT2D eigenvalue weighted by molar-refractivity contribution is 9.10. The first-order chi connectivity index (χ1) is 10.5. The Balaban J connectivity index is 1.85. The quantitative estimate of drug-likeness (QED) is 0.784. The van der Waals surface area contributed by atoms with Crippen molar-refractivity contribution in [2.24, 2.45) is 0 Å². The first kappa shape index (κ1) is 16.4. The predicted molar refractivity (Wildman–Crippen MR) is 92.4 cm³/mol. The van der Waals surface area contributed by atoms with Crippen LogP contribution < -0.4 is 15.4 Å². The van der Waals surface area contributed by atoms with Gasteiger partial charge in [-0.2, -0.15) is 0 Å². The molecule has 2 aromatic carbocycles. The van der Waals surface area contributed by atoms with Crippen LogP contribution in [0.4, 0.5) is 10.5 Å². The number of carbonyl (C=O) groups excluding carboxylic acids is 1. The van der Waals surface area contributed by atoms with Gasteiger partial charge in [-0.1, -0.05) is 23.8 Å². The van der Waals surface area contributed by atoms with E-state index in [2.05, 4.69) is 26.6 Å². The minimum atomic E-state index is -0.311. The number of hydrogen-bond acceptors (Lipinski definition) is 2. The number of hydrogen-bond donors (Lipinski definition) is 2. The van der Waals surface area contributed by atoms with Crippen LogP contribution in [0.25, 0.3) is 0 Å². The average Bonchev–Trinajstić information content (AvgIpc) is 2.44. The fourth-order valence-electron chi connectivity index (χ4n) is 2.03. The maximum Gasteiger partial charge on any atom is 0.321 e. The zero-order chi connectivity index (χ0) is 16.1. The first-order valence-corrected chi connectivity index (χ1v) is 7.76. The molecule has 0 saturated carbocycles. The Labute approximate surface area is 139 Å². The number of halogens is 1. The van der Waals surface area contributed by atoms with Crippen LogP contribution >= 0.6 is 15.9 Å². The molecule has 116 valence electrons. The summed E-state index contributed by atoms with van der Waals surface area (Å²) in [7, 11) is 0. The molecular formula is C17H19BrN2O2. The molecule has 0 unspecified atom stereocenters. The molecule has 0 saturated heterocycles. The van der Waals surface area contributed by atoms with E-state index in [9.17, 15) is 4.79 Å². The van der Waals surface area contributed by atoms with E-state index in [0.29, 0.717) is 0 Å². The number of nitrogens with one attached hydrogen (secondary N) is 2. The lowest BCUT2D eigenvalue weighted by Crippen LogP contribution is -2.32. The molecule has 0 aliphatic carbocycles. The van der Waals surface area contributed by atoms with Gasteiger partial charge in [0.1, 0.15) is 5.75 Å². The van der Waals surface area contributed by atoms with Crippen LogP contribution in [0.3, 0.4) is 0 Å². The van der Waals surface area contributed by atoms with Gasteiger partial charge >= 0.3 is 6.03 Å². The fraction of sp³-hybridized carbons (Fsp3) is 0.235. The predicted octanol–water partition coefficient (Wildman–Crippen LogP) is 4.53. The molecule has 5 heteroatoms. The number of rotatable bonds is 4. The normalized spacial score (nSPS) is 10.2. The minimum Gasteiger partial charge on any atom is -0.473 e. The van der Waals surface area contributed by atoms with Gasteiger partial charge in [0.05, 0.1) is 5.69 Å². The highest BCUT2D eigenvalue weighted by Crippen LogP contribution is 2.23. The molecule has 0 atom stereocenters. The van der Waals surface area contributed by atoms with Crippen molar-refractivity contribution in [1.82, 2.24) is 5.32 Å². The largest absolute Gasteiger partial charge is 0.473 e. The van der Waals surface area contributed by atoms with E-state index in [0.717, 1.165) is 27.0 Å². The number of anilines is 1. The highest BCUT2D eigenvalue weighted by Gasteiger charge is 2.06. The number of aryl methyl sites for hydroxylation is 3. The monoisotopic (exact) mass is 362 g/mol. The second-order valence-corrected chi connectivity index (χ2v) is 6.03. The van der Waals surface area contributed by atoms with Crippen LogP contribution in [0.1, 0.15) is 16.7 Å². The molecule has 0 aliphatic rings. The Kier molecular flexibility index (Phi) is 5.44. The summed E-state index contributed by atoms with van der Waals surface area (Å²) in [4.78, 5) is 11.9. The van der Waals surface area contributed by atoms with Crippen LogP contribution in [-0.4, -0.2) is 12.8 Å². The molecule has 0 fully saturated rings. The van der Waals surface area contributed by atoms with Crippen molar-refractivity contribution in [2.75, 3.05) is 12.0 Å². The maximum atomic E-state index is 11.9. The number of carbonyl (C=O) groups is 1. The lowest BCUT2D eigenvalue weighted by molar-refractivity contribution is 0.234. The van der Waals surface area contributed by atoms with Gasteiger partial charge < -0.3 is 15.4 Å². The average molecular weight is 363 g/mol. The molecule has 0 spiro atoms. The van der Waals surface area contributed by atoms with E-state index in [4.69, 9.17) is 4.74 Å². The minimum absolute atomic E-state index is 0.110. The van der Waals surface area contributed by atoms with E-state index >= 15 is 0 Å². The molecule has 2 rings (SSSR count). The van der Waals surface area contributed by atoms with Crippen LogP contribution in [0, 0.1) is 20.8 Å². The summed E-state index contributed by atoms with van der Waals surface area (Å²) >= 11 is 3.42. The van der Waals surface area contributed by atoms with Gasteiger partial charge in [-0.05, 0) is 66.0 Å². The van der Waals surface area contributed by atoms with Crippen LogP contribution in [-0.2, 0) is 0 Å². The van der Waals surface area contributed by atoms with Gasteiger partial charge in [-0.3, -0.25) is 0 Å². The van der Waals surface area contributed by atoms with Crippen molar-refractivity contribution in [2.45, 2.75) is 20.8 Å². The summed E-state index contributed by atoms with van der Waals surface area (Å²) in [5, 5.41) is 5.44.